The number of alkyl halides is 1. The molecule has 0 bridgehead atoms. The first-order chi connectivity index (χ1) is 13.6. The average Bonchev–Trinajstić information content (AvgIpc) is 2.71. The van der Waals surface area contributed by atoms with Gasteiger partial charge in [-0.3, -0.25) is 9.69 Å². The molecule has 0 aliphatic carbocycles. The van der Waals surface area contributed by atoms with Gasteiger partial charge >= 0.3 is 0 Å². The summed E-state index contributed by atoms with van der Waals surface area (Å²) in [5.74, 6) is 0.279. The summed E-state index contributed by atoms with van der Waals surface area (Å²) in [4.78, 5) is 26.4. The second-order valence-electron chi connectivity index (χ2n) is 5.72. The Kier molecular flexibility index (Phi) is 6.42. The van der Waals surface area contributed by atoms with Crippen LogP contribution in [0.5, 0.6) is 0 Å². The van der Waals surface area contributed by atoms with E-state index >= 15 is 0 Å². The van der Waals surface area contributed by atoms with E-state index in [4.69, 9.17) is 22.7 Å². The lowest BCUT2D eigenvalue weighted by Gasteiger charge is -2.41. The van der Waals surface area contributed by atoms with Gasteiger partial charge in [0.25, 0.3) is 5.91 Å². The van der Waals surface area contributed by atoms with Crippen LogP contribution in [-0.4, -0.2) is 28.0 Å². The van der Waals surface area contributed by atoms with E-state index in [1.54, 1.807) is 34.1 Å². The van der Waals surface area contributed by atoms with Gasteiger partial charge in [-0.1, -0.05) is 56.6 Å². The van der Waals surface area contributed by atoms with E-state index in [-0.39, 0.29) is 24.1 Å². The number of carbonyl (C=O) groups is 1. The van der Waals surface area contributed by atoms with Gasteiger partial charge in [-0.15, -0.1) is 0 Å². The molecule has 1 unspecified atom stereocenters. The van der Waals surface area contributed by atoms with Gasteiger partial charge in [0.05, 0.1) is 23.3 Å². The summed E-state index contributed by atoms with van der Waals surface area (Å²) in [6, 6.07) is 9.80. The number of rotatable bonds is 6. The molecule has 0 N–H and O–H groups in total. The molecule has 1 aliphatic rings. The summed E-state index contributed by atoms with van der Waals surface area (Å²) in [6.07, 6.45) is 0. The minimum Gasteiger partial charge on any atom is -0.312 e. The molecule has 2 heterocycles. The lowest BCUT2D eigenvalue weighted by atomic mass is 10.1. The number of anilines is 3. The van der Waals surface area contributed by atoms with E-state index in [0.29, 0.717) is 21.7 Å². The number of nitrogens with zero attached hydrogens (tertiary/aromatic N) is 9. The van der Waals surface area contributed by atoms with Gasteiger partial charge in [-0.25, -0.2) is 4.98 Å². The molecule has 12 heteroatoms. The normalized spacial score (nSPS) is 15.5. The molecule has 1 amide bonds. The molecule has 0 fully saturated rings. The molecule has 10 nitrogen and oxygen atoms in total. The number of halogens is 2. The molecule has 1 aromatic heterocycles. The summed E-state index contributed by atoms with van der Waals surface area (Å²) in [7, 11) is 0. The van der Waals surface area contributed by atoms with Crippen molar-refractivity contribution in [1.82, 2.24) is 4.98 Å². The van der Waals surface area contributed by atoms with Crippen LogP contribution in [0.3, 0.4) is 0 Å². The van der Waals surface area contributed by atoms with Gasteiger partial charge < -0.3 is 4.90 Å². The maximum Gasteiger partial charge on any atom is 0.251 e. The Hall–Kier alpha value is -2.72. The van der Waals surface area contributed by atoms with Crippen LogP contribution in [0.15, 0.2) is 46.6 Å². The van der Waals surface area contributed by atoms with Crippen molar-refractivity contribution in [3.05, 3.63) is 68.0 Å². The summed E-state index contributed by atoms with van der Waals surface area (Å²) >= 11 is 8.22. The number of pyridine rings is 1. The Labute approximate surface area is 178 Å². The topological polar surface area (TPSA) is 134 Å². The fraction of sp³-hybridized carbons (Fsp3) is 0.250. The summed E-state index contributed by atoms with van der Waals surface area (Å²) in [5.41, 5.74) is 19.4. The third-order valence-electron chi connectivity index (χ3n) is 4.14. The maximum atomic E-state index is 13.1. The van der Waals surface area contributed by atoms with E-state index in [2.05, 4.69) is 47.6 Å². The van der Waals surface area contributed by atoms with Gasteiger partial charge in [0.1, 0.15) is 11.2 Å². The van der Waals surface area contributed by atoms with E-state index in [1.165, 1.54) is 0 Å². The Bertz CT molecular complexity index is 1000. The minimum atomic E-state index is -0.779. The smallest absolute Gasteiger partial charge is 0.251 e. The van der Waals surface area contributed by atoms with E-state index in [1.807, 2.05) is 12.1 Å². The van der Waals surface area contributed by atoms with Crippen LogP contribution in [0, 0.1) is 0 Å². The zero-order valence-corrected chi connectivity index (χ0v) is 17.3. The highest BCUT2D eigenvalue weighted by atomic mass is 127. The van der Waals surface area contributed by atoms with Crippen LogP contribution in [0.1, 0.15) is 5.56 Å². The molecule has 0 saturated carbocycles. The largest absolute Gasteiger partial charge is 0.312 e. The summed E-state index contributed by atoms with van der Waals surface area (Å²) < 4.78 is 0.407. The van der Waals surface area contributed by atoms with Crippen molar-refractivity contribution in [2.75, 3.05) is 20.9 Å². The highest BCUT2D eigenvalue weighted by Crippen LogP contribution is 2.40. The van der Waals surface area contributed by atoms with Gasteiger partial charge in [0.15, 0.2) is 5.82 Å². The predicted octanol–water partition coefficient (Wildman–Crippen LogP) is 5.10. The number of aromatic nitrogens is 1. The van der Waals surface area contributed by atoms with Crippen molar-refractivity contribution >= 4 is 57.3 Å². The molecule has 1 atom stereocenters. The Morgan fingerprint density at radius 3 is 2.71 bits per heavy atom. The third-order valence-corrected chi connectivity index (χ3v) is 5.04. The zero-order chi connectivity index (χ0) is 20.1. The van der Waals surface area contributed by atoms with Gasteiger partial charge in [-0.05, 0) is 40.9 Å². The van der Waals surface area contributed by atoms with Crippen molar-refractivity contribution in [3.8, 4) is 0 Å². The molecular weight excluding hydrogens is 497 g/mol. The quantitative estimate of drug-likeness (QED) is 0.102. The van der Waals surface area contributed by atoms with E-state index in [9.17, 15) is 4.79 Å². The lowest BCUT2D eigenvalue weighted by molar-refractivity contribution is -0.119. The monoisotopic (exact) mass is 509 g/mol. The maximum absolute atomic E-state index is 13.1. The highest BCUT2D eigenvalue weighted by molar-refractivity contribution is 14.1. The first-order valence-electron chi connectivity index (χ1n) is 8.04. The third kappa shape index (κ3) is 3.92. The summed E-state index contributed by atoms with van der Waals surface area (Å²) in [6.45, 7) is 0.0968. The number of hydrogen-bond acceptors (Lipinski definition) is 5. The predicted molar refractivity (Wildman–Crippen MR) is 115 cm³/mol. The SMILES string of the molecule is [N-]=[N+]=NCc1cccc(N2c3nc(Cl)ccc3N(CI)C(=O)C2CN=[N+]=[N-])c1. The molecule has 1 aromatic carbocycles. The number of benzene rings is 1. The zero-order valence-electron chi connectivity index (χ0n) is 14.4. The molecular formula is C16H13ClIN9O. The van der Waals surface area contributed by atoms with Crippen LogP contribution in [0.2, 0.25) is 5.15 Å². The first kappa shape index (κ1) is 20.0. The van der Waals surface area contributed by atoms with Crippen molar-refractivity contribution in [1.29, 1.82) is 0 Å². The fourth-order valence-electron chi connectivity index (χ4n) is 2.98. The van der Waals surface area contributed by atoms with Crippen LogP contribution >= 0.6 is 34.2 Å². The minimum absolute atomic E-state index is 0.0727. The fourth-order valence-corrected chi connectivity index (χ4v) is 3.83. The van der Waals surface area contributed by atoms with Crippen molar-refractivity contribution in [2.45, 2.75) is 12.6 Å². The van der Waals surface area contributed by atoms with Crippen LogP contribution in [0.4, 0.5) is 17.2 Å². The van der Waals surface area contributed by atoms with E-state index < -0.39 is 6.04 Å². The van der Waals surface area contributed by atoms with Crippen LogP contribution in [-0.2, 0) is 11.3 Å². The molecule has 28 heavy (non-hydrogen) atoms. The van der Waals surface area contributed by atoms with Crippen molar-refractivity contribution in [2.24, 2.45) is 10.2 Å². The number of hydrogen-bond donors (Lipinski definition) is 0. The molecule has 3 rings (SSSR count). The lowest BCUT2D eigenvalue weighted by Crippen LogP contribution is -2.53. The van der Waals surface area contributed by atoms with Gasteiger partial charge in [0, 0.05) is 15.5 Å². The number of azide groups is 2. The van der Waals surface area contributed by atoms with Crippen molar-refractivity contribution in [3.63, 3.8) is 0 Å². The number of carbonyl (C=O) groups excluding carboxylic acids is 1. The first-order valence-corrected chi connectivity index (χ1v) is 9.94. The Morgan fingerprint density at radius 2 is 2.00 bits per heavy atom. The summed E-state index contributed by atoms with van der Waals surface area (Å²) in [5, 5.41) is 7.47. The van der Waals surface area contributed by atoms with E-state index in [0.717, 1.165) is 5.56 Å². The Balaban J connectivity index is 2.19. The standard InChI is InChI=1S/C16H13ClIN9O/c17-14-5-4-12-15(23-14)27(11-3-1-2-10(6-11)7-21-24-19)13(8-22-25-20)16(28)26(12)9-18/h1-6,13H,7-9H2. The molecule has 142 valence electrons. The molecule has 0 saturated heterocycles. The van der Waals surface area contributed by atoms with Crippen molar-refractivity contribution < 1.29 is 4.79 Å². The second-order valence-corrected chi connectivity index (χ2v) is 6.79. The van der Waals surface area contributed by atoms with Crippen LogP contribution in [0.25, 0.3) is 20.9 Å². The van der Waals surface area contributed by atoms with Gasteiger partial charge in [-0.2, -0.15) is 0 Å². The highest BCUT2D eigenvalue weighted by Gasteiger charge is 2.39. The molecule has 0 spiro atoms. The molecule has 0 radical (unpaired) electrons. The average molecular weight is 510 g/mol. The molecule has 1 aliphatic heterocycles. The van der Waals surface area contributed by atoms with Crippen LogP contribution < -0.4 is 9.80 Å². The number of amides is 1. The molecule has 2 aromatic rings. The van der Waals surface area contributed by atoms with Gasteiger partial charge in [0.2, 0.25) is 0 Å². The second kappa shape index (κ2) is 8.98. The Morgan fingerprint density at radius 1 is 1.21 bits per heavy atom. The number of fused-ring (bicyclic) bond motifs is 1.